The fraction of sp³-hybridized carbons (Fsp3) is 0. The Morgan fingerprint density at radius 2 is 1.21 bits per heavy atom. The van der Waals surface area contributed by atoms with Gasteiger partial charge in [0, 0.05) is 32.8 Å². The molecule has 0 fully saturated rings. The highest BCUT2D eigenvalue weighted by atomic mass is 16.3. The van der Waals surface area contributed by atoms with E-state index in [-0.39, 0.29) is 0 Å². The van der Waals surface area contributed by atoms with Gasteiger partial charge in [-0.25, -0.2) is 0 Å². The lowest BCUT2D eigenvalue weighted by Crippen LogP contribution is -1.79. The number of H-pyrrole nitrogens is 1. The maximum Gasteiger partial charge on any atom is 0.137 e. The lowest BCUT2D eigenvalue weighted by atomic mass is 10.0. The highest BCUT2D eigenvalue weighted by molar-refractivity contribution is 6.19. The van der Waals surface area contributed by atoms with E-state index in [9.17, 15) is 0 Å². The van der Waals surface area contributed by atoms with E-state index in [0.29, 0.717) is 0 Å². The molecule has 0 radical (unpaired) electrons. The molecule has 136 valence electrons. The van der Waals surface area contributed by atoms with Crippen LogP contribution in [-0.4, -0.2) is 4.98 Å². The number of aromatic amines is 1. The van der Waals surface area contributed by atoms with Crippen LogP contribution >= 0.6 is 0 Å². The molecule has 7 aromatic rings. The van der Waals surface area contributed by atoms with E-state index in [1.807, 2.05) is 36.4 Å². The minimum Gasteiger partial charge on any atom is -0.456 e. The van der Waals surface area contributed by atoms with Crippen molar-refractivity contribution in [2.45, 2.75) is 0 Å². The lowest BCUT2D eigenvalue weighted by molar-refractivity contribution is 0.668. The van der Waals surface area contributed by atoms with Gasteiger partial charge in [-0.2, -0.15) is 0 Å². The Bertz CT molecular complexity index is 1710. The zero-order valence-corrected chi connectivity index (χ0v) is 15.4. The van der Waals surface area contributed by atoms with Crippen molar-refractivity contribution in [1.29, 1.82) is 0 Å². The average Bonchev–Trinajstić information content (AvgIpc) is 3.45. The highest BCUT2D eigenvalue weighted by Crippen LogP contribution is 2.39. The van der Waals surface area contributed by atoms with Gasteiger partial charge in [0.1, 0.15) is 22.3 Å². The van der Waals surface area contributed by atoms with E-state index in [1.54, 1.807) is 0 Å². The van der Waals surface area contributed by atoms with Crippen LogP contribution in [0.1, 0.15) is 0 Å². The molecular weight excluding hydrogens is 358 g/mol. The molecular formula is C26H15NO2. The second-order valence-corrected chi connectivity index (χ2v) is 7.46. The zero-order chi connectivity index (χ0) is 18.9. The van der Waals surface area contributed by atoms with Crippen LogP contribution < -0.4 is 0 Å². The van der Waals surface area contributed by atoms with Crippen molar-refractivity contribution in [1.82, 2.24) is 4.98 Å². The molecule has 0 aliphatic carbocycles. The van der Waals surface area contributed by atoms with E-state index < -0.39 is 0 Å². The van der Waals surface area contributed by atoms with Crippen LogP contribution in [0.25, 0.3) is 66.0 Å². The number of hydrogen-bond donors (Lipinski definition) is 1. The van der Waals surface area contributed by atoms with Crippen LogP contribution in [0.2, 0.25) is 0 Å². The molecule has 0 atom stereocenters. The van der Waals surface area contributed by atoms with E-state index in [4.69, 9.17) is 8.83 Å². The Hall–Kier alpha value is -3.98. The molecule has 0 unspecified atom stereocenters. The summed E-state index contributed by atoms with van der Waals surface area (Å²) < 4.78 is 12.1. The normalized spacial score (nSPS) is 12.1. The third-order valence-corrected chi connectivity index (χ3v) is 5.83. The first-order valence-electron chi connectivity index (χ1n) is 9.70. The van der Waals surface area contributed by atoms with Crippen molar-refractivity contribution in [2.24, 2.45) is 0 Å². The van der Waals surface area contributed by atoms with Crippen LogP contribution in [-0.2, 0) is 0 Å². The molecule has 0 bridgehead atoms. The molecule has 3 nitrogen and oxygen atoms in total. The largest absolute Gasteiger partial charge is 0.456 e. The van der Waals surface area contributed by atoms with Crippen LogP contribution in [0.4, 0.5) is 0 Å². The number of furan rings is 2. The summed E-state index contributed by atoms with van der Waals surface area (Å²) in [5, 5.41) is 5.71. The molecule has 0 aliphatic rings. The van der Waals surface area contributed by atoms with Gasteiger partial charge in [-0.1, -0.05) is 48.5 Å². The van der Waals surface area contributed by atoms with Gasteiger partial charge >= 0.3 is 0 Å². The van der Waals surface area contributed by atoms with E-state index in [1.165, 1.54) is 5.39 Å². The molecule has 4 aromatic carbocycles. The summed E-state index contributed by atoms with van der Waals surface area (Å²) in [4.78, 5) is 3.68. The van der Waals surface area contributed by atoms with E-state index in [2.05, 4.69) is 53.5 Å². The summed E-state index contributed by atoms with van der Waals surface area (Å²) in [6, 6.07) is 29.0. The molecule has 0 spiro atoms. The Morgan fingerprint density at radius 3 is 2.00 bits per heavy atom. The number of nitrogens with one attached hydrogen (secondary N) is 1. The number of para-hydroxylation sites is 2. The van der Waals surface area contributed by atoms with Gasteiger partial charge in [0.2, 0.25) is 0 Å². The molecule has 0 aliphatic heterocycles. The number of benzene rings is 4. The third kappa shape index (κ3) is 1.96. The maximum atomic E-state index is 6.08. The van der Waals surface area contributed by atoms with Crippen molar-refractivity contribution in [3.8, 4) is 11.3 Å². The second kappa shape index (κ2) is 5.30. The number of fused-ring (bicyclic) bond motifs is 8. The van der Waals surface area contributed by atoms with E-state index >= 15 is 0 Å². The molecule has 3 aromatic heterocycles. The summed E-state index contributed by atoms with van der Waals surface area (Å²) in [5.41, 5.74) is 6.95. The monoisotopic (exact) mass is 373 g/mol. The first-order chi connectivity index (χ1) is 14.4. The summed E-state index contributed by atoms with van der Waals surface area (Å²) in [6.07, 6.45) is 0. The summed E-state index contributed by atoms with van der Waals surface area (Å²) in [5.74, 6) is 0. The third-order valence-electron chi connectivity index (χ3n) is 5.83. The first kappa shape index (κ1) is 15.0. The van der Waals surface area contributed by atoms with Gasteiger partial charge in [-0.15, -0.1) is 0 Å². The van der Waals surface area contributed by atoms with Crippen molar-refractivity contribution in [3.63, 3.8) is 0 Å². The zero-order valence-electron chi connectivity index (χ0n) is 15.4. The molecule has 3 heteroatoms. The Morgan fingerprint density at radius 1 is 0.552 bits per heavy atom. The van der Waals surface area contributed by atoms with Crippen molar-refractivity contribution in [3.05, 3.63) is 84.9 Å². The smallest absolute Gasteiger partial charge is 0.137 e. The summed E-state index contributed by atoms with van der Waals surface area (Å²) >= 11 is 0. The number of rotatable bonds is 1. The molecule has 0 amide bonds. The number of aromatic nitrogens is 1. The van der Waals surface area contributed by atoms with Gasteiger partial charge < -0.3 is 13.8 Å². The SMILES string of the molecule is c1ccc2c(c1)oc1cccc(-c3cc4ccc5oc6ccccc6c5c4[nH]3)c12. The molecule has 29 heavy (non-hydrogen) atoms. The highest BCUT2D eigenvalue weighted by Gasteiger charge is 2.16. The Balaban J connectivity index is 1.60. The van der Waals surface area contributed by atoms with Gasteiger partial charge in [-0.05, 0) is 36.4 Å². The predicted molar refractivity (Wildman–Crippen MR) is 118 cm³/mol. The van der Waals surface area contributed by atoms with Crippen LogP contribution in [0.5, 0.6) is 0 Å². The van der Waals surface area contributed by atoms with Crippen molar-refractivity contribution >= 4 is 54.8 Å². The van der Waals surface area contributed by atoms with Crippen LogP contribution in [0.3, 0.4) is 0 Å². The fourth-order valence-corrected chi connectivity index (χ4v) is 4.56. The lowest BCUT2D eigenvalue weighted by Gasteiger charge is -2.00. The first-order valence-corrected chi connectivity index (χ1v) is 9.70. The second-order valence-electron chi connectivity index (χ2n) is 7.46. The number of hydrogen-bond acceptors (Lipinski definition) is 2. The van der Waals surface area contributed by atoms with Crippen LogP contribution in [0.15, 0.2) is 93.8 Å². The molecule has 0 saturated carbocycles. The minimum absolute atomic E-state index is 0.902. The standard InChI is InChI=1S/C26H15NO2/c1-3-9-20-17(6-1)24-16(8-5-11-22(24)28-20)19-14-15-12-13-23-25(26(15)27-19)18-7-2-4-10-21(18)29-23/h1-14,27H. The van der Waals surface area contributed by atoms with Crippen molar-refractivity contribution in [2.75, 3.05) is 0 Å². The van der Waals surface area contributed by atoms with Gasteiger partial charge in [-0.3, -0.25) is 0 Å². The Kier molecular flexibility index (Phi) is 2.74. The fourth-order valence-electron chi connectivity index (χ4n) is 4.56. The predicted octanol–water partition coefficient (Wildman–Crippen LogP) is 7.63. The Labute approximate surface area is 165 Å². The minimum atomic E-state index is 0.902. The molecule has 0 saturated heterocycles. The van der Waals surface area contributed by atoms with Crippen molar-refractivity contribution < 1.29 is 8.83 Å². The van der Waals surface area contributed by atoms with Gasteiger partial charge in [0.15, 0.2) is 0 Å². The van der Waals surface area contributed by atoms with Gasteiger partial charge in [0.05, 0.1) is 10.9 Å². The average molecular weight is 373 g/mol. The quantitative estimate of drug-likeness (QED) is 0.321. The van der Waals surface area contributed by atoms with E-state index in [0.717, 1.165) is 60.7 Å². The molecule has 3 heterocycles. The van der Waals surface area contributed by atoms with Gasteiger partial charge in [0.25, 0.3) is 0 Å². The topological polar surface area (TPSA) is 42.1 Å². The molecule has 7 rings (SSSR count). The molecule has 1 N–H and O–H groups in total. The van der Waals surface area contributed by atoms with Crippen LogP contribution in [0, 0.1) is 0 Å². The summed E-state index contributed by atoms with van der Waals surface area (Å²) in [7, 11) is 0. The summed E-state index contributed by atoms with van der Waals surface area (Å²) in [6.45, 7) is 0. The maximum absolute atomic E-state index is 6.08.